The Hall–Kier alpha value is -2.28. The largest absolute Gasteiger partial charge is 0.504 e. The van der Waals surface area contributed by atoms with Gasteiger partial charge in [0.25, 0.3) is 0 Å². The quantitative estimate of drug-likeness (QED) is 0.584. The highest BCUT2D eigenvalue weighted by atomic mass is 35.5. The van der Waals surface area contributed by atoms with E-state index in [1.54, 1.807) is 24.5 Å². The summed E-state index contributed by atoms with van der Waals surface area (Å²) in [6.45, 7) is 4.77. The number of fused-ring (bicyclic) bond motifs is 4. The number of halogens is 1. The summed E-state index contributed by atoms with van der Waals surface area (Å²) in [5.41, 5.74) is 3.05. The first-order chi connectivity index (χ1) is 14.0. The lowest BCUT2D eigenvalue weighted by molar-refractivity contribution is -0.0772. The Morgan fingerprint density at radius 1 is 1.28 bits per heavy atom. The first kappa shape index (κ1) is 18.7. The van der Waals surface area contributed by atoms with Crippen LogP contribution in [0.1, 0.15) is 41.8 Å². The SMILES string of the molecule is COc1cc2c(cc1O)[C@H]1C(C)=NO[C@H]1N(Cc1sc3ccccc3c1Cl)[C@@H]2C. The molecule has 0 bridgehead atoms. The number of hydrogen-bond acceptors (Lipinski definition) is 6. The van der Waals surface area contributed by atoms with E-state index >= 15 is 0 Å². The van der Waals surface area contributed by atoms with Gasteiger partial charge in [-0.15, -0.1) is 11.3 Å². The molecule has 0 fully saturated rings. The van der Waals surface area contributed by atoms with Crippen LogP contribution in [0.5, 0.6) is 11.5 Å². The van der Waals surface area contributed by atoms with E-state index in [0.29, 0.717) is 12.3 Å². The van der Waals surface area contributed by atoms with Crippen molar-refractivity contribution in [3.8, 4) is 11.5 Å². The summed E-state index contributed by atoms with van der Waals surface area (Å²) in [4.78, 5) is 9.26. The lowest BCUT2D eigenvalue weighted by atomic mass is 9.82. The molecule has 0 amide bonds. The zero-order valence-corrected chi connectivity index (χ0v) is 17.9. The van der Waals surface area contributed by atoms with E-state index in [4.69, 9.17) is 21.2 Å². The maximum Gasteiger partial charge on any atom is 0.194 e. The molecule has 2 aliphatic rings. The summed E-state index contributed by atoms with van der Waals surface area (Å²) >= 11 is 8.44. The lowest BCUT2D eigenvalue weighted by Gasteiger charge is -2.41. The van der Waals surface area contributed by atoms with Crippen molar-refractivity contribution in [3.63, 3.8) is 0 Å². The Labute approximate surface area is 178 Å². The van der Waals surface area contributed by atoms with Crippen LogP contribution in [-0.2, 0) is 11.4 Å². The van der Waals surface area contributed by atoms with E-state index < -0.39 is 0 Å². The Morgan fingerprint density at radius 2 is 2.07 bits per heavy atom. The van der Waals surface area contributed by atoms with Crippen molar-refractivity contribution >= 4 is 38.7 Å². The number of methoxy groups -OCH3 is 1. The number of oxime groups is 1. The van der Waals surface area contributed by atoms with Crippen LogP contribution in [0.3, 0.4) is 0 Å². The molecular formula is C22H21ClN2O3S. The highest BCUT2D eigenvalue weighted by Gasteiger charge is 2.46. The Kier molecular flexibility index (Phi) is 4.46. The first-order valence-electron chi connectivity index (χ1n) is 9.52. The van der Waals surface area contributed by atoms with Gasteiger partial charge in [-0.25, -0.2) is 0 Å². The second-order valence-electron chi connectivity index (χ2n) is 7.54. The van der Waals surface area contributed by atoms with E-state index in [0.717, 1.165) is 32.1 Å². The summed E-state index contributed by atoms with van der Waals surface area (Å²) in [5, 5.41) is 16.5. The van der Waals surface area contributed by atoms with Gasteiger partial charge in [0.05, 0.1) is 23.8 Å². The van der Waals surface area contributed by atoms with Gasteiger partial charge in [0.2, 0.25) is 0 Å². The topological polar surface area (TPSA) is 54.3 Å². The fraction of sp³-hybridized carbons (Fsp3) is 0.318. The maximum absolute atomic E-state index is 10.3. The molecule has 0 unspecified atom stereocenters. The molecule has 0 saturated carbocycles. The Morgan fingerprint density at radius 3 is 2.83 bits per heavy atom. The molecule has 0 saturated heterocycles. The monoisotopic (exact) mass is 428 g/mol. The van der Waals surface area contributed by atoms with Crippen molar-refractivity contribution < 1.29 is 14.7 Å². The molecule has 1 N–H and O–H groups in total. The highest BCUT2D eigenvalue weighted by Crippen LogP contribution is 2.48. The number of rotatable bonds is 3. The first-order valence-corrected chi connectivity index (χ1v) is 10.7. The van der Waals surface area contributed by atoms with Gasteiger partial charge in [0, 0.05) is 27.5 Å². The molecule has 150 valence electrons. The van der Waals surface area contributed by atoms with Crippen molar-refractivity contribution in [1.82, 2.24) is 4.90 Å². The number of phenols is 1. The van der Waals surface area contributed by atoms with Crippen LogP contribution in [0.25, 0.3) is 10.1 Å². The van der Waals surface area contributed by atoms with Crippen LogP contribution in [0.15, 0.2) is 41.6 Å². The van der Waals surface area contributed by atoms with Crippen molar-refractivity contribution in [2.24, 2.45) is 5.16 Å². The van der Waals surface area contributed by atoms with Gasteiger partial charge < -0.3 is 14.7 Å². The average Bonchev–Trinajstić information content (AvgIpc) is 3.25. The number of thiophene rings is 1. The highest BCUT2D eigenvalue weighted by molar-refractivity contribution is 7.19. The average molecular weight is 429 g/mol. The van der Waals surface area contributed by atoms with Crippen LogP contribution in [0.2, 0.25) is 5.02 Å². The van der Waals surface area contributed by atoms with Gasteiger partial charge in [0.15, 0.2) is 17.7 Å². The molecule has 1 aromatic heterocycles. The molecule has 0 radical (unpaired) electrons. The fourth-order valence-corrected chi connectivity index (χ4v) is 5.95. The molecule has 3 aromatic rings. The second kappa shape index (κ2) is 6.90. The molecular weight excluding hydrogens is 408 g/mol. The molecule has 2 aromatic carbocycles. The van der Waals surface area contributed by atoms with Crippen molar-refractivity contribution in [2.45, 2.75) is 38.6 Å². The number of hydrogen-bond donors (Lipinski definition) is 1. The third-order valence-electron chi connectivity index (χ3n) is 5.96. The van der Waals surface area contributed by atoms with Gasteiger partial charge >= 0.3 is 0 Å². The molecule has 3 heterocycles. The smallest absolute Gasteiger partial charge is 0.194 e. The summed E-state index contributed by atoms with van der Waals surface area (Å²) in [5.74, 6) is 0.575. The maximum atomic E-state index is 10.3. The predicted octanol–water partition coefficient (Wildman–Crippen LogP) is 5.66. The number of benzene rings is 2. The number of ether oxygens (including phenoxy) is 1. The third-order valence-corrected chi connectivity index (χ3v) is 7.66. The molecule has 2 aliphatic heterocycles. The van der Waals surface area contributed by atoms with Gasteiger partial charge in [-0.3, -0.25) is 4.90 Å². The Bertz CT molecular complexity index is 1140. The van der Waals surface area contributed by atoms with Crippen LogP contribution in [0, 0.1) is 0 Å². The fourth-order valence-electron chi connectivity index (χ4n) is 4.44. The molecule has 5 nitrogen and oxygen atoms in total. The van der Waals surface area contributed by atoms with Crippen molar-refractivity contribution in [1.29, 1.82) is 0 Å². The minimum atomic E-state index is -0.230. The number of aromatic hydroxyl groups is 1. The minimum absolute atomic E-state index is 0.0360. The number of nitrogens with zero attached hydrogens (tertiary/aromatic N) is 2. The predicted molar refractivity (Wildman–Crippen MR) is 116 cm³/mol. The zero-order valence-electron chi connectivity index (χ0n) is 16.3. The van der Waals surface area contributed by atoms with E-state index in [1.165, 1.54) is 4.70 Å². The van der Waals surface area contributed by atoms with Crippen molar-refractivity contribution in [3.05, 3.63) is 57.4 Å². The molecule has 5 rings (SSSR count). The minimum Gasteiger partial charge on any atom is -0.504 e. The number of phenolic OH excluding ortho intramolecular Hbond substituents is 1. The van der Waals surface area contributed by atoms with E-state index in [-0.39, 0.29) is 23.9 Å². The molecule has 0 aliphatic carbocycles. The summed E-state index contributed by atoms with van der Waals surface area (Å²) in [6.07, 6.45) is -0.230. The van der Waals surface area contributed by atoms with Gasteiger partial charge in [-0.2, -0.15) is 0 Å². The van der Waals surface area contributed by atoms with Gasteiger partial charge in [-0.1, -0.05) is 35.0 Å². The normalized spacial score (nSPS) is 23.4. The van der Waals surface area contributed by atoms with Gasteiger partial charge in [-0.05, 0) is 43.2 Å². The van der Waals surface area contributed by atoms with E-state index in [9.17, 15) is 5.11 Å². The molecule has 3 atom stereocenters. The molecule has 7 heteroatoms. The second-order valence-corrected chi connectivity index (χ2v) is 9.06. The zero-order chi connectivity index (χ0) is 20.3. The summed E-state index contributed by atoms with van der Waals surface area (Å²) < 4.78 is 6.54. The van der Waals surface area contributed by atoms with Crippen LogP contribution in [0.4, 0.5) is 0 Å². The lowest BCUT2D eigenvalue weighted by Crippen LogP contribution is -2.45. The molecule has 29 heavy (non-hydrogen) atoms. The van der Waals surface area contributed by atoms with Crippen LogP contribution >= 0.6 is 22.9 Å². The van der Waals surface area contributed by atoms with E-state index in [1.807, 2.05) is 25.1 Å². The molecule has 0 spiro atoms. The van der Waals surface area contributed by atoms with Gasteiger partial charge in [0.1, 0.15) is 0 Å². The standard InChI is InChI=1S/C22H21ClN2O3S/c1-11-20-15-8-16(26)17(27-3)9-14(15)12(2)25(22(20)28-24-11)10-19-21(23)13-6-4-5-7-18(13)29-19/h4-9,12,20,22,26H,10H2,1-3H3/t12-,20-,22-/m1/s1. The Balaban J connectivity index is 1.59. The third kappa shape index (κ3) is 2.81. The summed E-state index contributed by atoms with van der Waals surface area (Å²) in [7, 11) is 1.57. The van der Waals surface area contributed by atoms with E-state index in [2.05, 4.69) is 29.1 Å². The van der Waals surface area contributed by atoms with Crippen LogP contribution in [-0.4, -0.2) is 29.1 Å². The van der Waals surface area contributed by atoms with Crippen molar-refractivity contribution in [2.75, 3.05) is 7.11 Å². The van der Waals surface area contributed by atoms with Crippen LogP contribution < -0.4 is 4.74 Å². The summed E-state index contributed by atoms with van der Waals surface area (Å²) in [6, 6.07) is 12.0.